The van der Waals surface area contributed by atoms with Crippen molar-refractivity contribution in [3.63, 3.8) is 0 Å². The fourth-order valence-corrected chi connectivity index (χ4v) is 1.27. The van der Waals surface area contributed by atoms with Crippen molar-refractivity contribution in [3.8, 4) is 0 Å². The topological polar surface area (TPSA) is 0 Å². The Morgan fingerprint density at radius 3 is 1.62 bits per heavy atom. The summed E-state index contributed by atoms with van der Waals surface area (Å²) >= 11 is 0. The molecule has 0 bridgehead atoms. The van der Waals surface area contributed by atoms with Gasteiger partial charge in [0.05, 0.1) is 0 Å². The van der Waals surface area contributed by atoms with E-state index in [2.05, 4.69) is 37.4 Å². The molecule has 1 rings (SSSR count). The first-order valence-corrected chi connectivity index (χ1v) is 4.17. The van der Waals surface area contributed by atoms with E-state index in [-0.39, 0.29) is 29.6 Å². The van der Waals surface area contributed by atoms with E-state index in [0.29, 0.717) is 0 Å². The number of hydrogen-bond acceptors (Lipinski definition) is 0. The quantitative estimate of drug-likeness (QED) is 0.495. The van der Waals surface area contributed by atoms with Gasteiger partial charge in [0.15, 0.2) is 0 Å². The maximum absolute atomic E-state index is 3.73. The zero-order valence-electron chi connectivity index (χ0n) is 7.29. The molecule has 13 heavy (non-hydrogen) atoms. The SMILES string of the molecule is C=CCc1ccccc1CC=C.[NaH]. The van der Waals surface area contributed by atoms with Crippen LogP contribution in [0.15, 0.2) is 49.6 Å². The normalized spacial score (nSPS) is 8.62. The third kappa shape index (κ3) is 3.95. The van der Waals surface area contributed by atoms with E-state index < -0.39 is 0 Å². The molecule has 0 saturated heterocycles. The first-order chi connectivity index (χ1) is 5.88. The second-order valence-electron chi connectivity index (χ2n) is 2.75. The zero-order chi connectivity index (χ0) is 8.81. The molecule has 1 heteroatoms. The molecule has 0 heterocycles. The van der Waals surface area contributed by atoms with Crippen LogP contribution >= 0.6 is 0 Å². The van der Waals surface area contributed by atoms with E-state index >= 15 is 0 Å². The van der Waals surface area contributed by atoms with E-state index in [1.165, 1.54) is 11.1 Å². The second-order valence-corrected chi connectivity index (χ2v) is 2.75. The van der Waals surface area contributed by atoms with Crippen molar-refractivity contribution in [2.75, 3.05) is 0 Å². The summed E-state index contributed by atoms with van der Waals surface area (Å²) in [5, 5.41) is 0. The van der Waals surface area contributed by atoms with Gasteiger partial charge < -0.3 is 0 Å². The van der Waals surface area contributed by atoms with Crippen molar-refractivity contribution in [1.82, 2.24) is 0 Å². The number of rotatable bonds is 4. The van der Waals surface area contributed by atoms with Crippen molar-refractivity contribution < 1.29 is 0 Å². The van der Waals surface area contributed by atoms with Gasteiger partial charge in [-0.25, -0.2) is 0 Å². The van der Waals surface area contributed by atoms with Crippen LogP contribution in [0.5, 0.6) is 0 Å². The summed E-state index contributed by atoms with van der Waals surface area (Å²) in [5.41, 5.74) is 2.71. The molecule has 1 aromatic rings. The van der Waals surface area contributed by atoms with Crippen molar-refractivity contribution in [2.45, 2.75) is 12.8 Å². The van der Waals surface area contributed by atoms with Gasteiger partial charge in [-0.15, -0.1) is 13.2 Å². The maximum atomic E-state index is 3.73. The molecule has 0 saturated carbocycles. The van der Waals surface area contributed by atoms with Crippen molar-refractivity contribution in [2.24, 2.45) is 0 Å². The molecule has 0 atom stereocenters. The van der Waals surface area contributed by atoms with E-state index in [9.17, 15) is 0 Å². The second kappa shape index (κ2) is 7.14. The molecule has 0 aliphatic rings. The Balaban J connectivity index is 0.00000144. The molecule has 0 nitrogen and oxygen atoms in total. The van der Waals surface area contributed by atoms with Gasteiger partial charge in [0.2, 0.25) is 0 Å². The summed E-state index contributed by atoms with van der Waals surface area (Å²) in [6.45, 7) is 7.46. The summed E-state index contributed by atoms with van der Waals surface area (Å²) in [4.78, 5) is 0. The third-order valence-corrected chi connectivity index (χ3v) is 1.85. The van der Waals surface area contributed by atoms with E-state index in [0.717, 1.165) is 12.8 Å². The minimum atomic E-state index is 0. The summed E-state index contributed by atoms with van der Waals surface area (Å²) < 4.78 is 0. The third-order valence-electron chi connectivity index (χ3n) is 1.85. The fraction of sp³-hybridized carbons (Fsp3) is 0.167. The van der Waals surface area contributed by atoms with Crippen LogP contribution in [-0.4, -0.2) is 29.6 Å². The molecule has 64 valence electrons. The van der Waals surface area contributed by atoms with Gasteiger partial charge in [0.25, 0.3) is 0 Å². The molecule has 1 aromatic carbocycles. The fourth-order valence-electron chi connectivity index (χ4n) is 1.27. The molecule has 0 aliphatic carbocycles. The van der Waals surface area contributed by atoms with Gasteiger partial charge in [-0.05, 0) is 24.0 Å². The Bertz CT molecular complexity index is 247. The van der Waals surface area contributed by atoms with Crippen LogP contribution in [-0.2, 0) is 12.8 Å². The molecule has 0 fully saturated rings. The van der Waals surface area contributed by atoms with Crippen molar-refractivity contribution >= 4 is 29.6 Å². The average Bonchev–Trinajstić information content (AvgIpc) is 2.09. The first kappa shape index (κ1) is 12.7. The van der Waals surface area contributed by atoms with Crippen LogP contribution in [0.4, 0.5) is 0 Å². The number of hydrogen-bond donors (Lipinski definition) is 0. The van der Waals surface area contributed by atoms with Crippen LogP contribution in [0.25, 0.3) is 0 Å². The van der Waals surface area contributed by atoms with Crippen molar-refractivity contribution in [3.05, 3.63) is 60.7 Å². The van der Waals surface area contributed by atoms with E-state index in [1.54, 1.807) is 0 Å². The number of benzene rings is 1. The predicted molar refractivity (Wildman–Crippen MR) is 61.4 cm³/mol. The van der Waals surface area contributed by atoms with Crippen LogP contribution in [0.3, 0.4) is 0 Å². The Morgan fingerprint density at radius 1 is 0.923 bits per heavy atom. The average molecular weight is 182 g/mol. The standard InChI is InChI=1S/C12H14.Na.H/c1-3-7-11-9-5-6-10-12(11)8-4-2;;/h3-6,9-10H,1-2,7-8H2;;. The van der Waals surface area contributed by atoms with Crippen molar-refractivity contribution in [1.29, 1.82) is 0 Å². The molecular weight excluding hydrogens is 167 g/mol. The number of allylic oxidation sites excluding steroid dienone is 2. The van der Waals surface area contributed by atoms with Gasteiger partial charge in [0.1, 0.15) is 0 Å². The molecule has 0 spiro atoms. The zero-order valence-corrected chi connectivity index (χ0v) is 7.29. The van der Waals surface area contributed by atoms with E-state index in [4.69, 9.17) is 0 Å². The van der Waals surface area contributed by atoms with Crippen LogP contribution in [0.1, 0.15) is 11.1 Å². The summed E-state index contributed by atoms with van der Waals surface area (Å²) in [6, 6.07) is 8.40. The Labute approximate surface area is 103 Å². The molecule has 0 aliphatic heterocycles. The molecule has 0 aromatic heterocycles. The van der Waals surface area contributed by atoms with E-state index in [1.807, 2.05) is 12.2 Å². The summed E-state index contributed by atoms with van der Waals surface area (Å²) in [7, 11) is 0. The summed E-state index contributed by atoms with van der Waals surface area (Å²) in [5.74, 6) is 0. The van der Waals surface area contributed by atoms with Crippen LogP contribution in [0, 0.1) is 0 Å². The summed E-state index contributed by atoms with van der Waals surface area (Å²) in [6.07, 6.45) is 5.76. The molecule has 0 N–H and O–H groups in total. The van der Waals surface area contributed by atoms with Gasteiger partial charge >= 0.3 is 29.6 Å². The molecule has 0 unspecified atom stereocenters. The predicted octanol–water partition coefficient (Wildman–Crippen LogP) is 2.50. The molecular formula is C12H15Na. The monoisotopic (exact) mass is 182 g/mol. The Hall–Kier alpha value is -0.300. The Morgan fingerprint density at radius 2 is 1.31 bits per heavy atom. The minimum absolute atomic E-state index is 0. The van der Waals surface area contributed by atoms with Gasteiger partial charge in [-0.1, -0.05) is 36.4 Å². The van der Waals surface area contributed by atoms with Crippen LogP contribution in [0.2, 0.25) is 0 Å². The first-order valence-electron chi connectivity index (χ1n) is 4.17. The van der Waals surface area contributed by atoms with Gasteiger partial charge in [-0.3, -0.25) is 0 Å². The van der Waals surface area contributed by atoms with Gasteiger partial charge in [-0.2, -0.15) is 0 Å². The molecule has 0 radical (unpaired) electrons. The Kier molecular flexibility index (Phi) is 6.97. The molecule has 0 amide bonds. The van der Waals surface area contributed by atoms with Crippen LogP contribution < -0.4 is 0 Å². The van der Waals surface area contributed by atoms with Gasteiger partial charge in [0, 0.05) is 0 Å².